The molecule has 1 amide bonds. The van der Waals surface area contributed by atoms with Gasteiger partial charge in [-0.05, 0) is 43.2 Å². The molecule has 1 saturated heterocycles. The zero-order valence-electron chi connectivity index (χ0n) is 19.0. The van der Waals surface area contributed by atoms with E-state index in [1.54, 1.807) is 18.2 Å². The molecule has 6 nitrogen and oxygen atoms in total. The second kappa shape index (κ2) is 8.82. The second-order valence-electron chi connectivity index (χ2n) is 7.94. The molecule has 3 aromatic rings. The number of benzene rings is 3. The molecule has 4 rings (SSSR count). The average Bonchev–Trinajstić information content (AvgIpc) is 3.09. The van der Waals surface area contributed by atoms with Gasteiger partial charge in [-0.25, -0.2) is 0 Å². The van der Waals surface area contributed by atoms with Crippen molar-refractivity contribution in [3.63, 3.8) is 0 Å². The third kappa shape index (κ3) is 3.84. The largest absolute Gasteiger partial charge is 0.507 e. The van der Waals surface area contributed by atoms with Crippen molar-refractivity contribution < 1.29 is 24.2 Å². The van der Waals surface area contributed by atoms with Crippen molar-refractivity contribution in [1.82, 2.24) is 0 Å². The molecule has 0 saturated carbocycles. The first-order valence-electron chi connectivity index (χ1n) is 10.5. The molecule has 0 aromatic heterocycles. The van der Waals surface area contributed by atoms with E-state index in [2.05, 4.69) is 0 Å². The Kier molecular flexibility index (Phi) is 5.92. The van der Waals surface area contributed by atoms with Crippen LogP contribution in [0.3, 0.4) is 0 Å². The van der Waals surface area contributed by atoms with Gasteiger partial charge in [-0.3, -0.25) is 14.5 Å². The van der Waals surface area contributed by atoms with Crippen molar-refractivity contribution >= 4 is 23.1 Å². The van der Waals surface area contributed by atoms with Crippen molar-refractivity contribution in [2.75, 3.05) is 19.1 Å². The van der Waals surface area contributed by atoms with Crippen LogP contribution in [0.2, 0.25) is 0 Å². The molecule has 1 fully saturated rings. The van der Waals surface area contributed by atoms with Gasteiger partial charge in [0.05, 0.1) is 31.4 Å². The third-order valence-electron chi connectivity index (χ3n) is 5.84. The molecular formula is C27H25NO5. The number of ketones is 1. The molecule has 1 unspecified atom stereocenters. The van der Waals surface area contributed by atoms with E-state index in [4.69, 9.17) is 9.47 Å². The number of carbonyl (C=O) groups excluding carboxylic acids is 2. The number of ether oxygens (including phenoxy) is 2. The van der Waals surface area contributed by atoms with Crippen LogP contribution in [0.15, 0.2) is 72.3 Å². The van der Waals surface area contributed by atoms with Crippen LogP contribution in [0, 0.1) is 13.8 Å². The molecule has 1 atom stereocenters. The van der Waals surface area contributed by atoms with Gasteiger partial charge in [-0.2, -0.15) is 0 Å². The first kappa shape index (κ1) is 22.1. The highest BCUT2D eigenvalue weighted by Crippen LogP contribution is 2.44. The number of Topliss-reactive ketones (excluding diaryl/α,β-unsaturated/α-hetero) is 1. The predicted molar refractivity (Wildman–Crippen MR) is 127 cm³/mol. The molecule has 33 heavy (non-hydrogen) atoms. The number of aryl methyl sites for hydroxylation is 2. The number of carbonyl (C=O) groups is 2. The topological polar surface area (TPSA) is 76.1 Å². The second-order valence-corrected chi connectivity index (χ2v) is 7.94. The Morgan fingerprint density at radius 1 is 0.909 bits per heavy atom. The number of anilines is 1. The maximum absolute atomic E-state index is 13.3. The minimum atomic E-state index is -0.792. The summed E-state index contributed by atoms with van der Waals surface area (Å²) in [6.45, 7) is 3.87. The normalized spacial score (nSPS) is 17.3. The quantitative estimate of drug-likeness (QED) is 0.343. The molecule has 168 valence electrons. The van der Waals surface area contributed by atoms with Crippen molar-refractivity contribution in [3.05, 3.63) is 94.6 Å². The van der Waals surface area contributed by atoms with Gasteiger partial charge in [-0.15, -0.1) is 0 Å². The fourth-order valence-electron chi connectivity index (χ4n) is 4.25. The van der Waals surface area contributed by atoms with Crippen LogP contribution in [0.1, 0.15) is 28.3 Å². The summed E-state index contributed by atoms with van der Waals surface area (Å²) in [7, 11) is 2.99. The highest BCUT2D eigenvalue weighted by molar-refractivity contribution is 6.51. The molecule has 1 aliphatic heterocycles. The third-order valence-corrected chi connectivity index (χ3v) is 5.84. The molecule has 0 aliphatic carbocycles. The van der Waals surface area contributed by atoms with E-state index in [-0.39, 0.29) is 11.3 Å². The number of rotatable bonds is 5. The molecule has 1 aliphatic rings. The minimum absolute atomic E-state index is 0.00893. The summed E-state index contributed by atoms with van der Waals surface area (Å²) in [6.07, 6.45) is 0. The standard InChI is InChI=1S/C27H25NO5/c1-16-10-13-21(17(2)14-16)28-24(18-8-6-5-7-9-18)23(26(30)27(28)31)25(29)20-12-11-19(32-3)15-22(20)33-4/h5-15,24,29H,1-4H3/b25-23-. The van der Waals surface area contributed by atoms with Crippen LogP contribution < -0.4 is 14.4 Å². The van der Waals surface area contributed by atoms with Gasteiger partial charge in [0.2, 0.25) is 0 Å². The molecule has 1 heterocycles. The summed E-state index contributed by atoms with van der Waals surface area (Å²) in [5.74, 6) is -0.867. The summed E-state index contributed by atoms with van der Waals surface area (Å²) in [6, 6.07) is 19.0. The van der Waals surface area contributed by atoms with E-state index in [9.17, 15) is 14.7 Å². The van der Waals surface area contributed by atoms with Crippen LogP contribution in [-0.2, 0) is 9.59 Å². The van der Waals surface area contributed by atoms with Gasteiger partial charge in [0.15, 0.2) is 0 Å². The fourth-order valence-corrected chi connectivity index (χ4v) is 4.25. The molecule has 0 spiro atoms. The van der Waals surface area contributed by atoms with Crippen LogP contribution in [0.5, 0.6) is 11.5 Å². The minimum Gasteiger partial charge on any atom is -0.507 e. The Morgan fingerprint density at radius 3 is 2.27 bits per heavy atom. The zero-order chi connectivity index (χ0) is 23.7. The maximum Gasteiger partial charge on any atom is 0.300 e. The monoisotopic (exact) mass is 443 g/mol. The lowest BCUT2D eigenvalue weighted by atomic mass is 9.94. The molecular weight excluding hydrogens is 418 g/mol. The highest BCUT2D eigenvalue weighted by atomic mass is 16.5. The van der Waals surface area contributed by atoms with E-state index in [0.717, 1.165) is 11.1 Å². The lowest BCUT2D eigenvalue weighted by molar-refractivity contribution is -0.132. The van der Waals surface area contributed by atoms with Crippen LogP contribution in [-0.4, -0.2) is 31.0 Å². The number of nitrogens with zero attached hydrogens (tertiary/aromatic N) is 1. The first-order chi connectivity index (χ1) is 15.9. The van der Waals surface area contributed by atoms with E-state index in [1.165, 1.54) is 19.1 Å². The van der Waals surface area contributed by atoms with Crippen molar-refractivity contribution in [2.45, 2.75) is 19.9 Å². The van der Waals surface area contributed by atoms with Crippen molar-refractivity contribution in [1.29, 1.82) is 0 Å². The summed E-state index contributed by atoms with van der Waals surface area (Å²) in [5, 5.41) is 11.4. The number of hydrogen-bond donors (Lipinski definition) is 1. The summed E-state index contributed by atoms with van der Waals surface area (Å²) < 4.78 is 10.7. The van der Waals surface area contributed by atoms with E-state index >= 15 is 0 Å². The summed E-state index contributed by atoms with van der Waals surface area (Å²) in [4.78, 5) is 28.1. The van der Waals surface area contributed by atoms with Gasteiger partial charge in [0.25, 0.3) is 11.7 Å². The Bertz CT molecular complexity index is 1260. The summed E-state index contributed by atoms with van der Waals surface area (Å²) in [5.41, 5.74) is 3.56. The molecule has 6 heteroatoms. The van der Waals surface area contributed by atoms with Crippen LogP contribution in [0.4, 0.5) is 5.69 Å². The van der Waals surface area contributed by atoms with Gasteiger partial charge < -0.3 is 14.6 Å². The van der Waals surface area contributed by atoms with E-state index in [0.29, 0.717) is 28.3 Å². The fraction of sp³-hybridized carbons (Fsp3) is 0.185. The SMILES string of the molecule is COc1ccc(/C(O)=C2/C(=O)C(=O)N(c3ccc(C)cc3C)C2c2ccccc2)c(OC)c1. The Labute approximate surface area is 192 Å². The van der Waals surface area contributed by atoms with Gasteiger partial charge in [0.1, 0.15) is 17.3 Å². The predicted octanol–water partition coefficient (Wildman–Crippen LogP) is 4.95. The number of aliphatic hydroxyl groups excluding tert-OH is 1. The lowest BCUT2D eigenvalue weighted by Gasteiger charge is -2.27. The van der Waals surface area contributed by atoms with Gasteiger partial charge in [-0.1, -0.05) is 48.0 Å². The molecule has 1 N–H and O–H groups in total. The van der Waals surface area contributed by atoms with Crippen LogP contribution >= 0.6 is 0 Å². The molecule has 3 aromatic carbocycles. The molecule has 0 bridgehead atoms. The molecule has 0 radical (unpaired) electrons. The van der Waals surface area contributed by atoms with Crippen LogP contribution in [0.25, 0.3) is 5.76 Å². The van der Waals surface area contributed by atoms with Gasteiger partial charge in [0, 0.05) is 11.8 Å². The number of amides is 1. The lowest BCUT2D eigenvalue weighted by Crippen LogP contribution is -2.30. The zero-order valence-corrected chi connectivity index (χ0v) is 19.0. The Morgan fingerprint density at radius 2 is 1.64 bits per heavy atom. The van der Waals surface area contributed by atoms with Crippen molar-refractivity contribution in [2.24, 2.45) is 0 Å². The van der Waals surface area contributed by atoms with Gasteiger partial charge >= 0.3 is 0 Å². The van der Waals surface area contributed by atoms with Crippen molar-refractivity contribution in [3.8, 4) is 11.5 Å². The maximum atomic E-state index is 13.3. The Hall–Kier alpha value is -4.06. The van der Waals surface area contributed by atoms with E-state index in [1.807, 2.05) is 62.4 Å². The Balaban J connectivity index is 1.97. The number of aliphatic hydroxyl groups is 1. The smallest absolute Gasteiger partial charge is 0.300 e. The summed E-state index contributed by atoms with van der Waals surface area (Å²) >= 11 is 0. The van der Waals surface area contributed by atoms with E-state index < -0.39 is 17.7 Å². The highest BCUT2D eigenvalue weighted by Gasteiger charge is 2.47. The number of methoxy groups -OCH3 is 2. The average molecular weight is 443 g/mol. The first-order valence-corrected chi connectivity index (χ1v) is 10.5. The number of hydrogen-bond acceptors (Lipinski definition) is 5.